The molecule has 4 rings (SSSR count). The normalized spacial score (nSPS) is 21.6. The summed E-state index contributed by atoms with van der Waals surface area (Å²) < 4.78 is 29.9. The molecule has 0 N–H and O–H groups in total. The van der Waals surface area contributed by atoms with Gasteiger partial charge < -0.3 is 4.57 Å². The SMILES string of the molecule is C[C@@H]1c2cccn2CCN1S(=O)(=O)c1ccc2c(c1)CCC2. The van der Waals surface area contributed by atoms with Crippen LogP contribution < -0.4 is 0 Å². The number of fused-ring (bicyclic) bond motifs is 2. The summed E-state index contributed by atoms with van der Waals surface area (Å²) in [5, 5.41) is 0. The monoisotopic (exact) mass is 316 g/mol. The summed E-state index contributed by atoms with van der Waals surface area (Å²) in [6.45, 7) is 3.22. The molecule has 5 heteroatoms. The van der Waals surface area contributed by atoms with Gasteiger partial charge in [0.2, 0.25) is 10.0 Å². The van der Waals surface area contributed by atoms with Gasteiger partial charge in [-0.05, 0) is 61.6 Å². The van der Waals surface area contributed by atoms with Crippen LogP contribution in [-0.2, 0) is 29.4 Å². The lowest BCUT2D eigenvalue weighted by Crippen LogP contribution is -2.40. The van der Waals surface area contributed by atoms with Gasteiger partial charge in [0.1, 0.15) is 0 Å². The standard InChI is InChI=1S/C17H20N2O2S/c1-13-17-6-3-9-18(17)10-11-19(13)22(20,21)16-8-7-14-4-2-5-15(14)12-16/h3,6-9,12-13H,2,4-5,10-11H2,1H3/t13-/m1/s1. The molecular formula is C17H20N2O2S. The Bertz CT molecular complexity index is 823. The zero-order chi connectivity index (χ0) is 15.3. The Balaban J connectivity index is 1.72. The number of aryl methyl sites for hydroxylation is 2. The summed E-state index contributed by atoms with van der Waals surface area (Å²) >= 11 is 0. The van der Waals surface area contributed by atoms with Crippen molar-refractivity contribution in [2.75, 3.05) is 6.54 Å². The van der Waals surface area contributed by atoms with Gasteiger partial charge in [0.05, 0.1) is 10.9 Å². The number of benzene rings is 1. The van der Waals surface area contributed by atoms with E-state index in [1.54, 1.807) is 10.4 Å². The maximum absolute atomic E-state index is 13.0. The van der Waals surface area contributed by atoms with Crippen LogP contribution in [0, 0.1) is 0 Å². The molecule has 0 saturated heterocycles. The second-order valence-corrected chi connectivity index (χ2v) is 8.09. The quantitative estimate of drug-likeness (QED) is 0.855. The van der Waals surface area contributed by atoms with Crippen LogP contribution in [0.5, 0.6) is 0 Å². The zero-order valence-corrected chi connectivity index (χ0v) is 13.5. The fourth-order valence-electron chi connectivity index (χ4n) is 3.73. The third-order valence-electron chi connectivity index (χ3n) is 4.96. The van der Waals surface area contributed by atoms with Crippen molar-refractivity contribution in [3.05, 3.63) is 53.3 Å². The Morgan fingerprint density at radius 3 is 2.77 bits per heavy atom. The van der Waals surface area contributed by atoms with E-state index in [1.807, 2.05) is 37.4 Å². The molecule has 116 valence electrons. The average molecular weight is 316 g/mol. The van der Waals surface area contributed by atoms with Crippen LogP contribution in [0.25, 0.3) is 0 Å². The first kappa shape index (κ1) is 14.0. The van der Waals surface area contributed by atoms with Crippen molar-refractivity contribution in [1.29, 1.82) is 0 Å². The molecular weight excluding hydrogens is 296 g/mol. The number of hydrogen-bond donors (Lipinski definition) is 0. The summed E-state index contributed by atoms with van der Waals surface area (Å²) in [6.07, 6.45) is 5.22. The van der Waals surface area contributed by atoms with Crippen molar-refractivity contribution in [3.63, 3.8) is 0 Å². The highest BCUT2D eigenvalue weighted by atomic mass is 32.2. The van der Waals surface area contributed by atoms with Gasteiger partial charge in [0.25, 0.3) is 0 Å². The molecule has 1 aromatic carbocycles. The molecule has 1 aromatic heterocycles. The van der Waals surface area contributed by atoms with Gasteiger partial charge in [0, 0.05) is 25.0 Å². The molecule has 2 aliphatic rings. The van der Waals surface area contributed by atoms with Gasteiger partial charge in [0.15, 0.2) is 0 Å². The van der Waals surface area contributed by atoms with E-state index < -0.39 is 10.0 Å². The summed E-state index contributed by atoms with van der Waals surface area (Å²) in [5.74, 6) is 0. The first-order chi connectivity index (χ1) is 10.6. The molecule has 0 amide bonds. The number of aromatic nitrogens is 1. The molecule has 4 nitrogen and oxygen atoms in total. The topological polar surface area (TPSA) is 42.3 Å². The van der Waals surface area contributed by atoms with Gasteiger partial charge in [-0.1, -0.05) is 6.07 Å². The lowest BCUT2D eigenvalue weighted by Gasteiger charge is -2.34. The largest absolute Gasteiger partial charge is 0.349 e. The molecule has 1 aliphatic heterocycles. The van der Waals surface area contributed by atoms with Crippen molar-refractivity contribution < 1.29 is 8.42 Å². The first-order valence-corrected chi connectivity index (χ1v) is 9.30. The number of sulfonamides is 1. The van der Waals surface area contributed by atoms with Crippen LogP contribution >= 0.6 is 0 Å². The molecule has 2 heterocycles. The van der Waals surface area contributed by atoms with Crippen LogP contribution in [0.15, 0.2) is 41.4 Å². The van der Waals surface area contributed by atoms with Crippen molar-refractivity contribution in [3.8, 4) is 0 Å². The number of rotatable bonds is 2. The summed E-state index contributed by atoms with van der Waals surface area (Å²) in [6, 6.07) is 9.53. The van der Waals surface area contributed by atoms with Gasteiger partial charge in [-0.25, -0.2) is 8.42 Å². The van der Waals surface area contributed by atoms with E-state index in [0.717, 1.165) is 31.5 Å². The molecule has 22 heavy (non-hydrogen) atoms. The fraction of sp³-hybridized carbons (Fsp3) is 0.412. The molecule has 0 radical (unpaired) electrons. The molecule has 2 aromatic rings. The van der Waals surface area contributed by atoms with Crippen LogP contribution in [0.2, 0.25) is 0 Å². The van der Waals surface area contributed by atoms with Crippen molar-refractivity contribution in [2.24, 2.45) is 0 Å². The minimum atomic E-state index is -3.43. The van der Waals surface area contributed by atoms with E-state index in [1.165, 1.54) is 11.1 Å². The van der Waals surface area contributed by atoms with E-state index in [0.29, 0.717) is 11.4 Å². The molecule has 0 spiro atoms. The van der Waals surface area contributed by atoms with E-state index in [-0.39, 0.29) is 6.04 Å². The average Bonchev–Trinajstić information content (AvgIpc) is 3.15. The fourth-order valence-corrected chi connectivity index (χ4v) is 5.38. The van der Waals surface area contributed by atoms with E-state index in [9.17, 15) is 8.42 Å². The van der Waals surface area contributed by atoms with Crippen LogP contribution in [0.1, 0.15) is 36.2 Å². The Kier molecular flexibility index (Phi) is 3.16. The Hall–Kier alpha value is -1.59. The molecule has 0 fully saturated rings. The lowest BCUT2D eigenvalue weighted by atomic mass is 10.1. The van der Waals surface area contributed by atoms with E-state index in [4.69, 9.17) is 0 Å². The van der Waals surface area contributed by atoms with Crippen LogP contribution in [0.3, 0.4) is 0 Å². The highest BCUT2D eigenvalue weighted by molar-refractivity contribution is 7.89. The molecule has 0 unspecified atom stereocenters. The Labute approximate surface area is 131 Å². The Morgan fingerprint density at radius 1 is 1.09 bits per heavy atom. The molecule has 0 bridgehead atoms. The molecule has 1 aliphatic carbocycles. The number of nitrogens with zero attached hydrogens (tertiary/aromatic N) is 2. The minimum absolute atomic E-state index is 0.123. The van der Waals surface area contributed by atoms with Gasteiger partial charge in [-0.15, -0.1) is 0 Å². The van der Waals surface area contributed by atoms with Gasteiger partial charge in [-0.2, -0.15) is 4.31 Å². The predicted octanol–water partition coefficient (Wildman–Crippen LogP) is 2.74. The maximum atomic E-state index is 13.0. The highest BCUT2D eigenvalue weighted by Crippen LogP contribution is 2.32. The first-order valence-electron chi connectivity index (χ1n) is 7.86. The summed E-state index contributed by atoms with van der Waals surface area (Å²) in [7, 11) is -3.43. The van der Waals surface area contributed by atoms with Gasteiger partial charge >= 0.3 is 0 Å². The third kappa shape index (κ3) is 2.03. The van der Waals surface area contributed by atoms with Gasteiger partial charge in [-0.3, -0.25) is 0 Å². The molecule has 1 atom stereocenters. The maximum Gasteiger partial charge on any atom is 0.243 e. The zero-order valence-electron chi connectivity index (χ0n) is 12.7. The van der Waals surface area contributed by atoms with Crippen LogP contribution in [0.4, 0.5) is 0 Å². The van der Waals surface area contributed by atoms with Crippen molar-refractivity contribution >= 4 is 10.0 Å². The number of hydrogen-bond acceptors (Lipinski definition) is 2. The second-order valence-electron chi connectivity index (χ2n) is 6.20. The van der Waals surface area contributed by atoms with Crippen molar-refractivity contribution in [1.82, 2.24) is 8.87 Å². The second kappa shape index (κ2) is 4.96. The Morgan fingerprint density at radius 2 is 1.91 bits per heavy atom. The third-order valence-corrected chi connectivity index (χ3v) is 6.93. The van der Waals surface area contributed by atoms with Crippen molar-refractivity contribution in [2.45, 2.75) is 43.7 Å². The highest BCUT2D eigenvalue weighted by Gasteiger charge is 2.34. The smallest absolute Gasteiger partial charge is 0.243 e. The lowest BCUT2D eigenvalue weighted by molar-refractivity contribution is 0.282. The summed E-state index contributed by atoms with van der Waals surface area (Å²) in [5.41, 5.74) is 3.57. The van der Waals surface area contributed by atoms with Crippen LogP contribution in [-0.4, -0.2) is 23.8 Å². The van der Waals surface area contributed by atoms with E-state index in [2.05, 4.69) is 4.57 Å². The predicted molar refractivity (Wildman–Crippen MR) is 85.2 cm³/mol. The summed E-state index contributed by atoms with van der Waals surface area (Å²) in [4.78, 5) is 0.444. The molecule has 0 saturated carbocycles. The van der Waals surface area contributed by atoms with E-state index >= 15 is 0 Å². The minimum Gasteiger partial charge on any atom is -0.349 e.